The standard InChI is InChI=1S/C21H21N5O2S/c1-28-15-8-6-14(7-9-15)17(18-11-22-19-5-3-2-4-16(18)19)10-23-20(27)12-29-21-24-13-25-26-21/h2-9,11,13,17,22H,10,12H2,1H3,(H,23,27)(H,24,25,26)/t17-/m1/s1. The highest BCUT2D eigenvalue weighted by molar-refractivity contribution is 7.99. The van der Waals surface area contributed by atoms with E-state index >= 15 is 0 Å². The SMILES string of the molecule is COc1ccc([C@@H](CNC(=O)CSc2ncn[nH]2)c2c[nH]c3ccccc23)cc1. The third-order valence-corrected chi connectivity index (χ3v) is 5.63. The molecule has 0 saturated carbocycles. The third kappa shape index (κ3) is 4.43. The number of fused-ring (bicyclic) bond motifs is 1. The van der Waals surface area contributed by atoms with Gasteiger partial charge < -0.3 is 15.0 Å². The van der Waals surface area contributed by atoms with Gasteiger partial charge in [-0.1, -0.05) is 42.1 Å². The van der Waals surface area contributed by atoms with Crippen molar-refractivity contribution in [2.24, 2.45) is 0 Å². The van der Waals surface area contributed by atoms with Gasteiger partial charge in [0.2, 0.25) is 5.91 Å². The van der Waals surface area contributed by atoms with Crippen molar-refractivity contribution in [1.82, 2.24) is 25.5 Å². The third-order valence-electron chi connectivity index (χ3n) is 4.75. The van der Waals surface area contributed by atoms with Crippen molar-refractivity contribution in [3.05, 3.63) is 72.2 Å². The van der Waals surface area contributed by atoms with Crippen molar-refractivity contribution in [3.63, 3.8) is 0 Å². The van der Waals surface area contributed by atoms with Gasteiger partial charge in [0.1, 0.15) is 12.1 Å². The van der Waals surface area contributed by atoms with Gasteiger partial charge in [-0.25, -0.2) is 4.98 Å². The first kappa shape index (κ1) is 19.1. The molecule has 0 aliphatic rings. The molecule has 3 N–H and O–H groups in total. The van der Waals surface area contributed by atoms with Crippen LogP contribution in [0.15, 0.2) is 66.2 Å². The van der Waals surface area contributed by atoms with Crippen LogP contribution in [0.1, 0.15) is 17.0 Å². The van der Waals surface area contributed by atoms with E-state index in [-0.39, 0.29) is 17.6 Å². The largest absolute Gasteiger partial charge is 0.497 e. The maximum Gasteiger partial charge on any atom is 0.230 e. The Kier molecular flexibility index (Phi) is 5.81. The summed E-state index contributed by atoms with van der Waals surface area (Å²) in [5.41, 5.74) is 3.33. The van der Waals surface area contributed by atoms with E-state index in [2.05, 4.69) is 37.6 Å². The molecule has 0 saturated heterocycles. The Balaban J connectivity index is 1.54. The van der Waals surface area contributed by atoms with Gasteiger partial charge in [-0.15, -0.1) is 0 Å². The lowest BCUT2D eigenvalue weighted by atomic mass is 9.91. The number of nitrogens with one attached hydrogen (secondary N) is 3. The normalized spacial score (nSPS) is 12.0. The zero-order valence-electron chi connectivity index (χ0n) is 15.9. The molecule has 2 heterocycles. The maximum absolute atomic E-state index is 12.4. The van der Waals surface area contributed by atoms with Crippen LogP contribution in [0.3, 0.4) is 0 Å². The van der Waals surface area contributed by atoms with Crippen LogP contribution in [0.5, 0.6) is 5.75 Å². The van der Waals surface area contributed by atoms with Crippen LogP contribution < -0.4 is 10.1 Å². The number of carbonyl (C=O) groups excluding carboxylic acids is 1. The van der Waals surface area contributed by atoms with Crippen molar-refractivity contribution in [2.45, 2.75) is 11.1 Å². The molecule has 2 aromatic carbocycles. The molecule has 8 heteroatoms. The van der Waals surface area contributed by atoms with Crippen LogP contribution in [-0.4, -0.2) is 45.5 Å². The van der Waals surface area contributed by atoms with Gasteiger partial charge in [0, 0.05) is 29.6 Å². The summed E-state index contributed by atoms with van der Waals surface area (Å²) >= 11 is 1.32. The molecule has 7 nitrogen and oxygen atoms in total. The Morgan fingerprint density at radius 2 is 2.03 bits per heavy atom. The van der Waals surface area contributed by atoms with Crippen molar-refractivity contribution in [3.8, 4) is 5.75 Å². The Hall–Kier alpha value is -3.26. The molecule has 4 rings (SSSR count). The highest BCUT2D eigenvalue weighted by atomic mass is 32.2. The molecule has 0 fully saturated rings. The number of para-hydroxylation sites is 1. The van der Waals surface area contributed by atoms with Gasteiger partial charge in [0.15, 0.2) is 5.16 Å². The van der Waals surface area contributed by atoms with E-state index in [9.17, 15) is 4.79 Å². The van der Waals surface area contributed by atoms with Crippen LogP contribution in [0, 0.1) is 0 Å². The van der Waals surface area contributed by atoms with E-state index < -0.39 is 0 Å². The summed E-state index contributed by atoms with van der Waals surface area (Å²) in [6, 6.07) is 16.2. The molecule has 29 heavy (non-hydrogen) atoms. The predicted molar refractivity (Wildman–Crippen MR) is 113 cm³/mol. The first-order chi connectivity index (χ1) is 14.2. The van der Waals surface area contributed by atoms with Crippen LogP contribution in [0.25, 0.3) is 10.9 Å². The second kappa shape index (κ2) is 8.83. The van der Waals surface area contributed by atoms with Gasteiger partial charge in [-0.05, 0) is 29.3 Å². The second-order valence-electron chi connectivity index (χ2n) is 6.50. The van der Waals surface area contributed by atoms with Gasteiger partial charge in [0.05, 0.1) is 12.9 Å². The summed E-state index contributed by atoms with van der Waals surface area (Å²) in [5, 5.41) is 11.4. The lowest BCUT2D eigenvalue weighted by molar-refractivity contribution is -0.118. The summed E-state index contributed by atoms with van der Waals surface area (Å²) in [6.07, 6.45) is 3.45. The zero-order valence-corrected chi connectivity index (χ0v) is 16.7. The van der Waals surface area contributed by atoms with E-state index in [1.807, 2.05) is 42.6 Å². The number of benzene rings is 2. The first-order valence-corrected chi connectivity index (χ1v) is 10.2. The van der Waals surface area contributed by atoms with E-state index in [0.29, 0.717) is 11.7 Å². The minimum absolute atomic E-state index is 0.0104. The fourth-order valence-electron chi connectivity index (χ4n) is 3.29. The average Bonchev–Trinajstić information content (AvgIpc) is 3.43. The molecule has 148 valence electrons. The van der Waals surface area contributed by atoms with Gasteiger partial charge in [-0.3, -0.25) is 9.89 Å². The Morgan fingerprint density at radius 1 is 1.21 bits per heavy atom. The molecule has 0 radical (unpaired) electrons. The van der Waals surface area contributed by atoms with Gasteiger partial charge in [0.25, 0.3) is 0 Å². The van der Waals surface area contributed by atoms with Crippen LogP contribution in [0.4, 0.5) is 0 Å². The maximum atomic E-state index is 12.4. The molecular formula is C21H21N5O2S. The molecule has 2 aromatic heterocycles. The number of amides is 1. The molecular weight excluding hydrogens is 386 g/mol. The summed E-state index contributed by atoms with van der Waals surface area (Å²) in [5.74, 6) is 1.04. The highest BCUT2D eigenvalue weighted by Crippen LogP contribution is 2.31. The van der Waals surface area contributed by atoms with Crippen LogP contribution in [-0.2, 0) is 4.79 Å². The second-order valence-corrected chi connectivity index (χ2v) is 7.46. The topological polar surface area (TPSA) is 95.7 Å². The number of aromatic amines is 2. The molecule has 0 unspecified atom stereocenters. The number of hydrogen-bond acceptors (Lipinski definition) is 5. The first-order valence-electron chi connectivity index (χ1n) is 9.19. The number of carbonyl (C=O) groups is 1. The van der Waals surface area contributed by atoms with Gasteiger partial charge >= 0.3 is 0 Å². The summed E-state index contributed by atoms with van der Waals surface area (Å²) in [6.45, 7) is 0.490. The summed E-state index contributed by atoms with van der Waals surface area (Å²) < 4.78 is 5.28. The fraction of sp³-hybridized carbons (Fsp3) is 0.190. The number of hydrogen-bond donors (Lipinski definition) is 3. The lowest BCUT2D eigenvalue weighted by Gasteiger charge is -2.18. The minimum atomic E-state index is -0.0512. The quantitative estimate of drug-likeness (QED) is 0.389. The van der Waals surface area contributed by atoms with E-state index in [4.69, 9.17) is 4.74 Å². The molecule has 1 atom stereocenters. The molecule has 1 amide bonds. The molecule has 0 spiro atoms. The Morgan fingerprint density at radius 3 is 2.79 bits per heavy atom. The fourth-order valence-corrected chi connectivity index (χ4v) is 3.90. The number of H-pyrrole nitrogens is 2. The van der Waals surface area contributed by atoms with E-state index in [0.717, 1.165) is 27.8 Å². The molecule has 0 aliphatic heterocycles. The molecule has 0 aliphatic carbocycles. The Bertz CT molecular complexity index is 1080. The summed E-state index contributed by atoms with van der Waals surface area (Å²) in [7, 11) is 1.65. The number of aromatic nitrogens is 4. The number of ether oxygens (including phenoxy) is 1. The van der Waals surface area contributed by atoms with Crippen molar-refractivity contribution in [1.29, 1.82) is 0 Å². The average molecular weight is 407 g/mol. The lowest BCUT2D eigenvalue weighted by Crippen LogP contribution is -2.30. The number of methoxy groups -OCH3 is 1. The minimum Gasteiger partial charge on any atom is -0.497 e. The molecule has 4 aromatic rings. The van der Waals surface area contributed by atoms with Crippen LogP contribution >= 0.6 is 11.8 Å². The number of nitrogens with zero attached hydrogens (tertiary/aromatic N) is 2. The highest BCUT2D eigenvalue weighted by Gasteiger charge is 2.19. The summed E-state index contributed by atoms with van der Waals surface area (Å²) in [4.78, 5) is 19.7. The van der Waals surface area contributed by atoms with E-state index in [1.165, 1.54) is 18.1 Å². The van der Waals surface area contributed by atoms with Crippen molar-refractivity contribution >= 4 is 28.6 Å². The van der Waals surface area contributed by atoms with Gasteiger partial charge in [-0.2, -0.15) is 5.10 Å². The van der Waals surface area contributed by atoms with Crippen LogP contribution in [0.2, 0.25) is 0 Å². The Labute approximate surface area is 172 Å². The monoisotopic (exact) mass is 407 g/mol. The number of rotatable bonds is 8. The van der Waals surface area contributed by atoms with E-state index in [1.54, 1.807) is 7.11 Å². The van der Waals surface area contributed by atoms with Crippen molar-refractivity contribution in [2.75, 3.05) is 19.4 Å². The molecule has 0 bridgehead atoms. The number of thioether (sulfide) groups is 1. The predicted octanol–water partition coefficient (Wildman–Crippen LogP) is 3.34. The zero-order chi connectivity index (χ0) is 20.1. The van der Waals surface area contributed by atoms with Crippen molar-refractivity contribution < 1.29 is 9.53 Å². The smallest absolute Gasteiger partial charge is 0.230 e.